The van der Waals surface area contributed by atoms with Crippen molar-refractivity contribution in [1.82, 2.24) is 10.2 Å². The summed E-state index contributed by atoms with van der Waals surface area (Å²) in [5, 5.41) is 3.35. The first-order valence-corrected chi connectivity index (χ1v) is 8.38. The van der Waals surface area contributed by atoms with Gasteiger partial charge in [-0.15, -0.1) is 12.4 Å². The van der Waals surface area contributed by atoms with Crippen LogP contribution in [0.25, 0.3) is 0 Å². The van der Waals surface area contributed by atoms with Crippen LogP contribution in [-0.4, -0.2) is 57.5 Å². The molecule has 1 N–H and O–H groups in total. The highest BCUT2D eigenvalue weighted by atomic mass is 35.5. The number of nitrogens with zero attached hydrogens (tertiary/aromatic N) is 1. The lowest BCUT2D eigenvalue weighted by molar-refractivity contribution is 0.206. The van der Waals surface area contributed by atoms with E-state index in [-0.39, 0.29) is 30.0 Å². The molecular formula is C12H27ClN2O2S. The predicted octanol–water partition coefficient (Wildman–Crippen LogP) is 1.16. The van der Waals surface area contributed by atoms with Crippen LogP contribution in [0.5, 0.6) is 0 Å². The van der Waals surface area contributed by atoms with Gasteiger partial charge in [0.1, 0.15) is 0 Å². The van der Waals surface area contributed by atoms with Crippen molar-refractivity contribution >= 4 is 22.2 Å². The first-order valence-electron chi connectivity index (χ1n) is 6.56. The molecule has 0 aromatic carbocycles. The number of rotatable bonds is 6. The second kappa shape index (κ2) is 8.35. The van der Waals surface area contributed by atoms with Gasteiger partial charge >= 0.3 is 0 Å². The summed E-state index contributed by atoms with van der Waals surface area (Å²) in [4.78, 5) is 2.20. The molecule has 1 aliphatic rings. The zero-order valence-electron chi connectivity index (χ0n) is 11.7. The quantitative estimate of drug-likeness (QED) is 0.799. The monoisotopic (exact) mass is 298 g/mol. The topological polar surface area (TPSA) is 49.4 Å². The van der Waals surface area contributed by atoms with E-state index in [0.29, 0.717) is 5.92 Å². The zero-order valence-corrected chi connectivity index (χ0v) is 13.3. The second-order valence-electron chi connectivity index (χ2n) is 5.18. The highest BCUT2D eigenvalue weighted by molar-refractivity contribution is 7.91. The minimum atomic E-state index is -2.86. The van der Waals surface area contributed by atoms with Gasteiger partial charge in [0.05, 0.1) is 5.75 Å². The molecule has 0 spiro atoms. The molecule has 0 aliphatic carbocycles. The van der Waals surface area contributed by atoms with E-state index in [2.05, 4.69) is 10.2 Å². The van der Waals surface area contributed by atoms with Crippen molar-refractivity contribution in [3.05, 3.63) is 0 Å². The molecule has 1 aliphatic heterocycles. The first kappa shape index (κ1) is 18.2. The van der Waals surface area contributed by atoms with E-state index in [9.17, 15) is 8.42 Å². The molecule has 0 aromatic rings. The number of hydrogen-bond acceptors (Lipinski definition) is 4. The van der Waals surface area contributed by atoms with Crippen molar-refractivity contribution in [3.8, 4) is 0 Å². The molecule has 1 unspecified atom stereocenters. The Hall–Kier alpha value is 0.160. The Balaban J connectivity index is 0.00000289. The van der Waals surface area contributed by atoms with E-state index < -0.39 is 9.84 Å². The molecule has 0 aromatic heterocycles. The standard InChI is InChI=1S/C12H26N2O2S.ClH/c1-4-17(15,16)10-11(2)14(3)9-12-5-7-13-8-6-12;/h11-13H,4-10H2,1-3H3;1H. The zero-order chi connectivity index (χ0) is 12.9. The molecule has 1 saturated heterocycles. The average molecular weight is 299 g/mol. The fourth-order valence-corrected chi connectivity index (χ4v) is 3.49. The van der Waals surface area contributed by atoms with Gasteiger partial charge < -0.3 is 10.2 Å². The molecule has 4 nitrogen and oxygen atoms in total. The maximum Gasteiger partial charge on any atom is 0.151 e. The molecule has 0 radical (unpaired) electrons. The predicted molar refractivity (Wildman–Crippen MR) is 79.3 cm³/mol. The number of sulfone groups is 1. The van der Waals surface area contributed by atoms with Gasteiger partial charge in [-0.3, -0.25) is 0 Å². The fourth-order valence-electron chi connectivity index (χ4n) is 2.26. The lowest BCUT2D eigenvalue weighted by atomic mass is 9.97. The van der Waals surface area contributed by atoms with Crippen LogP contribution in [0.15, 0.2) is 0 Å². The molecule has 1 heterocycles. The molecule has 0 saturated carbocycles. The Morgan fingerprint density at radius 1 is 1.33 bits per heavy atom. The van der Waals surface area contributed by atoms with Crippen LogP contribution in [0.4, 0.5) is 0 Å². The normalized spacial score (nSPS) is 19.6. The summed E-state index contributed by atoms with van der Waals surface area (Å²) in [6.45, 7) is 6.94. The summed E-state index contributed by atoms with van der Waals surface area (Å²) in [6.07, 6.45) is 2.41. The van der Waals surface area contributed by atoms with Crippen LogP contribution in [0.1, 0.15) is 26.7 Å². The molecule has 0 amide bonds. The van der Waals surface area contributed by atoms with E-state index in [0.717, 1.165) is 19.6 Å². The van der Waals surface area contributed by atoms with Crippen LogP contribution in [0.3, 0.4) is 0 Å². The molecule has 1 rings (SSSR count). The summed E-state index contributed by atoms with van der Waals surface area (Å²) in [6, 6.07) is 0.120. The van der Waals surface area contributed by atoms with Gasteiger partial charge in [0.2, 0.25) is 0 Å². The third-order valence-corrected chi connectivity index (χ3v) is 5.56. The summed E-state index contributed by atoms with van der Waals surface area (Å²) < 4.78 is 23.1. The van der Waals surface area contributed by atoms with Gasteiger partial charge in [-0.1, -0.05) is 6.92 Å². The van der Waals surface area contributed by atoms with E-state index in [4.69, 9.17) is 0 Å². The molecule has 6 heteroatoms. The molecule has 110 valence electrons. The molecule has 18 heavy (non-hydrogen) atoms. The Kier molecular flexibility index (Phi) is 8.43. The van der Waals surface area contributed by atoms with Gasteiger partial charge in [-0.2, -0.15) is 0 Å². The third-order valence-electron chi connectivity index (χ3n) is 3.69. The number of nitrogens with one attached hydrogen (secondary N) is 1. The lowest BCUT2D eigenvalue weighted by Crippen LogP contribution is -2.41. The summed E-state index contributed by atoms with van der Waals surface area (Å²) in [5.74, 6) is 1.25. The Bertz CT molecular complexity index is 316. The molecule has 0 bridgehead atoms. The average Bonchev–Trinajstić information content (AvgIpc) is 2.30. The van der Waals surface area contributed by atoms with Crippen LogP contribution in [0, 0.1) is 5.92 Å². The van der Waals surface area contributed by atoms with Crippen molar-refractivity contribution in [3.63, 3.8) is 0 Å². The summed E-state index contributed by atoms with van der Waals surface area (Å²) in [5.41, 5.74) is 0. The van der Waals surface area contributed by atoms with Crippen molar-refractivity contribution in [2.45, 2.75) is 32.7 Å². The number of hydrogen-bond donors (Lipinski definition) is 1. The Labute approximate surface area is 118 Å². The Morgan fingerprint density at radius 3 is 2.39 bits per heavy atom. The number of halogens is 1. The Morgan fingerprint density at radius 2 is 1.89 bits per heavy atom. The molecule has 1 fully saturated rings. The smallest absolute Gasteiger partial charge is 0.151 e. The molecular weight excluding hydrogens is 272 g/mol. The van der Waals surface area contributed by atoms with Crippen LogP contribution < -0.4 is 5.32 Å². The minimum Gasteiger partial charge on any atom is -0.317 e. The van der Waals surface area contributed by atoms with E-state index in [1.165, 1.54) is 12.8 Å². The van der Waals surface area contributed by atoms with Crippen molar-refractivity contribution in [2.75, 3.05) is 38.2 Å². The van der Waals surface area contributed by atoms with Gasteiger partial charge in [-0.05, 0) is 45.8 Å². The highest BCUT2D eigenvalue weighted by Gasteiger charge is 2.21. The van der Waals surface area contributed by atoms with Crippen LogP contribution in [0.2, 0.25) is 0 Å². The van der Waals surface area contributed by atoms with E-state index in [1.54, 1.807) is 6.92 Å². The third kappa shape index (κ3) is 6.36. The summed E-state index contributed by atoms with van der Waals surface area (Å²) in [7, 11) is -0.819. The van der Waals surface area contributed by atoms with Crippen LogP contribution in [-0.2, 0) is 9.84 Å². The van der Waals surface area contributed by atoms with Gasteiger partial charge in [0, 0.05) is 18.3 Å². The summed E-state index contributed by atoms with van der Waals surface area (Å²) >= 11 is 0. The lowest BCUT2D eigenvalue weighted by Gasteiger charge is -2.31. The maximum absolute atomic E-state index is 11.6. The number of piperidine rings is 1. The van der Waals surface area contributed by atoms with Crippen molar-refractivity contribution in [1.29, 1.82) is 0 Å². The van der Waals surface area contributed by atoms with E-state index in [1.807, 2.05) is 14.0 Å². The van der Waals surface area contributed by atoms with Gasteiger partial charge in [0.15, 0.2) is 9.84 Å². The van der Waals surface area contributed by atoms with E-state index >= 15 is 0 Å². The highest BCUT2D eigenvalue weighted by Crippen LogP contribution is 2.14. The fraction of sp³-hybridized carbons (Fsp3) is 1.00. The molecule has 1 atom stereocenters. The maximum atomic E-state index is 11.6. The largest absolute Gasteiger partial charge is 0.317 e. The SMILES string of the molecule is CCS(=O)(=O)CC(C)N(C)CC1CCNCC1.Cl. The first-order chi connectivity index (χ1) is 7.94. The minimum absolute atomic E-state index is 0. The van der Waals surface area contributed by atoms with Crippen LogP contribution >= 0.6 is 12.4 Å². The van der Waals surface area contributed by atoms with Crippen molar-refractivity contribution < 1.29 is 8.42 Å². The second-order valence-corrected chi connectivity index (χ2v) is 7.58. The van der Waals surface area contributed by atoms with Crippen molar-refractivity contribution in [2.24, 2.45) is 5.92 Å². The van der Waals surface area contributed by atoms with Gasteiger partial charge in [-0.25, -0.2) is 8.42 Å². The van der Waals surface area contributed by atoms with Gasteiger partial charge in [0.25, 0.3) is 0 Å².